The molecule has 2 aromatic heterocycles. The maximum absolute atomic E-state index is 13.6. The largest absolute Gasteiger partial charge is 0.485 e. The Morgan fingerprint density at radius 1 is 1.35 bits per heavy atom. The van der Waals surface area contributed by atoms with Gasteiger partial charge in [-0.2, -0.15) is 0 Å². The zero-order chi connectivity index (χ0) is 18.1. The van der Waals surface area contributed by atoms with Crippen molar-refractivity contribution >= 4 is 5.91 Å². The zero-order valence-corrected chi connectivity index (χ0v) is 14.2. The minimum Gasteiger partial charge on any atom is -0.485 e. The predicted octanol–water partition coefficient (Wildman–Crippen LogP) is 1.33. The van der Waals surface area contributed by atoms with Gasteiger partial charge in [0.25, 0.3) is 5.56 Å². The van der Waals surface area contributed by atoms with Crippen LogP contribution >= 0.6 is 0 Å². The third kappa shape index (κ3) is 3.58. The highest BCUT2D eigenvalue weighted by molar-refractivity contribution is 5.76. The van der Waals surface area contributed by atoms with Crippen LogP contribution in [0.2, 0.25) is 0 Å². The van der Waals surface area contributed by atoms with E-state index in [2.05, 4.69) is 9.97 Å². The van der Waals surface area contributed by atoms with Crippen LogP contribution < -0.4 is 10.3 Å². The molecule has 0 aromatic carbocycles. The van der Waals surface area contributed by atoms with E-state index in [1.165, 1.54) is 29.2 Å². The van der Waals surface area contributed by atoms with Crippen LogP contribution in [0.4, 0.5) is 4.39 Å². The van der Waals surface area contributed by atoms with E-state index in [1.54, 1.807) is 4.90 Å². The summed E-state index contributed by atoms with van der Waals surface area (Å²) in [4.78, 5) is 34.2. The van der Waals surface area contributed by atoms with Crippen molar-refractivity contribution in [3.05, 3.63) is 52.7 Å². The van der Waals surface area contributed by atoms with E-state index < -0.39 is 5.82 Å². The number of nitrogens with zero attached hydrogens (tertiary/aromatic N) is 4. The van der Waals surface area contributed by atoms with Gasteiger partial charge in [-0.1, -0.05) is 0 Å². The van der Waals surface area contributed by atoms with Crippen LogP contribution in [0.15, 0.2) is 35.6 Å². The number of likely N-dealkylation sites (tertiary alicyclic amines) is 1. The lowest BCUT2D eigenvalue weighted by Crippen LogP contribution is -2.36. The monoisotopic (exact) mass is 358 g/mol. The molecule has 7 nitrogen and oxygen atoms in total. The topological polar surface area (TPSA) is 77.3 Å². The lowest BCUT2D eigenvalue weighted by Gasteiger charge is -2.18. The van der Waals surface area contributed by atoms with E-state index in [-0.39, 0.29) is 29.9 Å². The van der Waals surface area contributed by atoms with Crippen LogP contribution in [0.1, 0.15) is 30.9 Å². The Morgan fingerprint density at radius 3 is 2.92 bits per heavy atom. The normalized spacial score (nSPS) is 19.6. The van der Waals surface area contributed by atoms with Crippen LogP contribution in [0.5, 0.6) is 5.75 Å². The third-order valence-corrected chi connectivity index (χ3v) is 4.73. The molecule has 1 aliphatic heterocycles. The molecular formula is C18H19FN4O3. The smallest absolute Gasteiger partial charge is 0.254 e. The highest BCUT2D eigenvalue weighted by Gasteiger charge is 2.29. The minimum absolute atomic E-state index is 0.0485. The van der Waals surface area contributed by atoms with Crippen LogP contribution in [0, 0.1) is 5.82 Å². The van der Waals surface area contributed by atoms with Gasteiger partial charge in [0.2, 0.25) is 5.91 Å². The Labute approximate surface area is 149 Å². The maximum atomic E-state index is 13.6. The van der Waals surface area contributed by atoms with Crippen molar-refractivity contribution in [2.24, 2.45) is 0 Å². The number of hydrogen-bond acceptors (Lipinski definition) is 5. The maximum Gasteiger partial charge on any atom is 0.254 e. The summed E-state index contributed by atoms with van der Waals surface area (Å²) in [5.41, 5.74) is 0.605. The average molecular weight is 358 g/mol. The molecule has 26 heavy (non-hydrogen) atoms. The second-order valence-electron chi connectivity index (χ2n) is 6.73. The molecule has 2 aromatic rings. The van der Waals surface area contributed by atoms with Crippen molar-refractivity contribution in [2.45, 2.75) is 37.8 Å². The quantitative estimate of drug-likeness (QED) is 0.806. The molecule has 8 heteroatoms. The molecule has 1 amide bonds. The number of halogens is 1. The molecule has 2 aliphatic rings. The van der Waals surface area contributed by atoms with E-state index in [9.17, 15) is 14.0 Å². The molecule has 0 N–H and O–H groups in total. The molecule has 0 spiro atoms. The number of ether oxygens (including phenoxy) is 1. The highest BCUT2D eigenvalue weighted by atomic mass is 19.1. The van der Waals surface area contributed by atoms with E-state index in [1.807, 2.05) is 0 Å². The summed E-state index contributed by atoms with van der Waals surface area (Å²) in [5.74, 6) is -0.159. The summed E-state index contributed by atoms with van der Waals surface area (Å²) in [6.45, 7) is 0.828. The first kappa shape index (κ1) is 16.7. The summed E-state index contributed by atoms with van der Waals surface area (Å²) < 4.78 is 20.6. The molecule has 1 aliphatic carbocycles. The zero-order valence-electron chi connectivity index (χ0n) is 14.2. The number of pyridine rings is 1. The van der Waals surface area contributed by atoms with Crippen LogP contribution in [0.25, 0.3) is 0 Å². The Kier molecular flexibility index (Phi) is 4.40. The molecule has 1 atom stereocenters. The average Bonchev–Trinajstić information content (AvgIpc) is 3.37. The molecule has 1 saturated heterocycles. The van der Waals surface area contributed by atoms with Crippen LogP contribution in [-0.2, 0) is 11.3 Å². The number of carbonyl (C=O) groups is 1. The number of amides is 1. The standard InChI is InChI=1S/C18H19FN4O3/c19-14-8-20-5-3-16(14)26-13-4-6-22(9-13)18(25)10-23-11-21-15(7-17(23)24)12-1-2-12/h3,5,7-8,11-13H,1-2,4,6,9-10H2. The second-order valence-corrected chi connectivity index (χ2v) is 6.73. The van der Waals surface area contributed by atoms with Crippen LogP contribution in [-0.4, -0.2) is 44.5 Å². The first-order valence-electron chi connectivity index (χ1n) is 8.70. The number of hydrogen-bond donors (Lipinski definition) is 0. The summed E-state index contributed by atoms with van der Waals surface area (Å²) >= 11 is 0. The predicted molar refractivity (Wildman–Crippen MR) is 90.3 cm³/mol. The van der Waals surface area contributed by atoms with Gasteiger partial charge in [-0.15, -0.1) is 0 Å². The van der Waals surface area contributed by atoms with E-state index in [4.69, 9.17) is 4.74 Å². The lowest BCUT2D eigenvalue weighted by molar-refractivity contribution is -0.131. The van der Waals surface area contributed by atoms with Gasteiger partial charge in [-0.3, -0.25) is 19.1 Å². The van der Waals surface area contributed by atoms with Gasteiger partial charge in [-0.05, 0) is 12.8 Å². The minimum atomic E-state index is -0.523. The molecule has 1 saturated carbocycles. The fourth-order valence-corrected chi connectivity index (χ4v) is 3.10. The molecule has 1 unspecified atom stereocenters. The van der Waals surface area contributed by atoms with Gasteiger partial charge in [0.05, 0.1) is 24.8 Å². The van der Waals surface area contributed by atoms with Crippen molar-refractivity contribution in [1.29, 1.82) is 0 Å². The Balaban J connectivity index is 1.36. The SMILES string of the molecule is O=C(Cn1cnc(C2CC2)cc1=O)N1CCC(Oc2ccncc2F)C1. The highest BCUT2D eigenvalue weighted by Crippen LogP contribution is 2.38. The van der Waals surface area contributed by atoms with Gasteiger partial charge in [0, 0.05) is 37.2 Å². The van der Waals surface area contributed by atoms with E-state index >= 15 is 0 Å². The van der Waals surface area contributed by atoms with Gasteiger partial charge >= 0.3 is 0 Å². The molecule has 2 fully saturated rings. The van der Waals surface area contributed by atoms with Crippen LogP contribution in [0.3, 0.4) is 0 Å². The second kappa shape index (κ2) is 6.86. The fraction of sp³-hybridized carbons (Fsp3) is 0.444. The van der Waals surface area contributed by atoms with Crippen molar-refractivity contribution in [3.63, 3.8) is 0 Å². The van der Waals surface area contributed by atoms with E-state index in [0.29, 0.717) is 25.4 Å². The lowest BCUT2D eigenvalue weighted by atomic mass is 10.3. The van der Waals surface area contributed by atoms with Gasteiger partial charge < -0.3 is 9.64 Å². The van der Waals surface area contributed by atoms with Crippen molar-refractivity contribution in [3.8, 4) is 5.75 Å². The molecule has 3 heterocycles. The number of aromatic nitrogens is 3. The number of rotatable bonds is 5. The molecule has 4 rings (SSSR count). The Hall–Kier alpha value is -2.77. The summed E-state index contributed by atoms with van der Waals surface area (Å²) in [6, 6.07) is 2.99. The molecular weight excluding hydrogens is 339 g/mol. The van der Waals surface area contributed by atoms with Crippen molar-refractivity contribution in [2.75, 3.05) is 13.1 Å². The summed E-state index contributed by atoms with van der Waals surface area (Å²) in [6.07, 6.45) is 6.48. The Bertz CT molecular complexity index is 881. The van der Waals surface area contributed by atoms with Gasteiger partial charge in [0.1, 0.15) is 12.6 Å². The Morgan fingerprint density at radius 2 is 2.19 bits per heavy atom. The van der Waals surface area contributed by atoms with Gasteiger partial charge in [-0.25, -0.2) is 9.37 Å². The third-order valence-electron chi connectivity index (χ3n) is 4.73. The van der Waals surface area contributed by atoms with Crippen molar-refractivity contribution < 1.29 is 13.9 Å². The molecule has 0 radical (unpaired) electrons. The summed E-state index contributed by atoms with van der Waals surface area (Å²) in [7, 11) is 0. The molecule has 136 valence electrons. The number of carbonyl (C=O) groups excluding carboxylic acids is 1. The van der Waals surface area contributed by atoms with Crippen molar-refractivity contribution in [1.82, 2.24) is 19.4 Å². The van der Waals surface area contributed by atoms with E-state index in [0.717, 1.165) is 24.7 Å². The fourth-order valence-electron chi connectivity index (χ4n) is 3.10. The molecule has 0 bridgehead atoms. The summed E-state index contributed by atoms with van der Waals surface area (Å²) in [5, 5.41) is 0. The van der Waals surface area contributed by atoms with Gasteiger partial charge in [0.15, 0.2) is 11.6 Å². The first-order chi connectivity index (χ1) is 12.6. The first-order valence-corrected chi connectivity index (χ1v) is 8.70.